The van der Waals surface area contributed by atoms with Crippen molar-refractivity contribution in [3.8, 4) is 0 Å². The molecule has 0 aliphatic heterocycles. The van der Waals surface area contributed by atoms with E-state index < -0.39 is 5.97 Å². The topological polar surface area (TPSA) is 69.4 Å². The van der Waals surface area contributed by atoms with Crippen molar-refractivity contribution in [2.75, 3.05) is 12.8 Å². The van der Waals surface area contributed by atoms with E-state index in [0.717, 1.165) is 0 Å². The lowest BCUT2D eigenvalue weighted by Gasteiger charge is -2.07. The van der Waals surface area contributed by atoms with Crippen LogP contribution in [0.3, 0.4) is 0 Å². The van der Waals surface area contributed by atoms with Gasteiger partial charge < -0.3 is 10.5 Å². The van der Waals surface area contributed by atoms with Crippen LogP contribution in [-0.2, 0) is 4.74 Å². The van der Waals surface area contributed by atoms with Gasteiger partial charge in [0.1, 0.15) is 0 Å². The summed E-state index contributed by atoms with van der Waals surface area (Å²) in [4.78, 5) is 23.8. The molecule has 0 spiro atoms. The molecule has 0 aliphatic carbocycles. The number of benzene rings is 2. The van der Waals surface area contributed by atoms with E-state index in [-0.39, 0.29) is 5.78 Å². The number of carbonyl (C=O) groups is 2. The van der Waals surface area contributed by atoms with Gasteiger partial charge in [-0.1, -0.05) is 30.3 Å². The van der Waals surface area contributed by atoms with Crippen molar-refractivity contribution in [2.24, 2.45) is 0 Å². The van der Waals surface area contributed by atoms with E-state index in [1.54, 1.807) is 24.3 Å². The summed E-state index contributed by atoms with van der Waals surface area (Å²) < 4.78 is 4.63. The zero-order chi connectivity index (χ0) is 13.8. The number of hydrogen-bond donors (Lipinski definition) is 1. The minimum atomic E-state index is -0.498. The van der Waals surface area contributed by atoms with Crippen molar-refractivity contribution in [1.29, 1.82) is 0 Å². The van der Waals surface area contributed by atoms with E-state index >= 15 is 0 Å². The molecule has 0 heterocycles. The second-order valence-electron chi connectivity index (χ2n) is 3.99. The highest BCUT2D eigenvalue weighted by Gasteiger charge is 2.15. The first-order chi connectivity index (χ1) is 9.13. The normalized spacial score (nSPS) is 9.95. The standard InChI is InChI=1S/C15H13NO3/c1-19-15(18)11-7-8-13(16)12(9-11)14(17)10-5-3-2-4-6-10/h2-9H,16H2,1H3. The van der Waals surface area contributed by atoms with Crippen LogP contribution in [0.5, 0.6) is 0 Å². The van der Waals surface area contributed by atoms with Gasteiger partial charge in [0.15, 0.2) is 5.78 Å². The van der Waals surface area contributed by atoms with Crippen molar-refractivity contribution in [1.82, 2.24) is 0 Å². The van der Waals surface area contributed by atoms with Crippen molar-refractivity contribution >= 4 is 17.4 Å². The Morgan fingerprint density at radius 2 is 1.68 bits per heavy atom. The fourth-order valence-corrected chi connectivity index (χ4v) is 1.74. The van der Waals surface area contributed by atoms with Gasteiger partial charge >= 0.3 is 5.97 Å². The van der Waals surface area contributed by atoms with E-state index in [0.29, 0.717) is 22.4 Å². The van der Waals surface area contributed by atoms with Crippen LogP contribution in [0.25, 0.3) is 0 Å². The van der Waals surface area contributed by atoms with E-state index in [2.05, 4.69) is 4.74 Å². The molecule has 2 aromatic carbocycles. The van der Waals surface area contributed by atoms with Gasteiger partial charge in [0.05, 0.1) is 12.7 Å². The molecule has 2 N–H and O–H groups in total. The summed E-state index contributed by atoms with van der Waals surface area (Å²) in [6, 6.07) is 13.3. The van der Waals surface area contributed by atoms with Gasteiger partial charge in [0.25, 0.3) is 0 Å². The Balaban J connectivity index is 2.44. The van der Waals surface area contributed by atoms with Crippen LogP contribution in [0.1, 0.15) is 26.3 Å². The van der Waals surface area contributed by atoms with Gasteiger partial charge in [-0.3, -0.25) is 4.79 Å². The summed E-state index contributed by atoms with van der Waals surface area (Å²) in [7, 11) is 1.29. The molecule has 0 unspecified atom stereocenters. The third-order valence-corrected chi connectivity index (χ3v) is 2.75. The summed E-state index contributed by atoms with van der Waals surface area (Å²) in [5.74, 6) is -0.717. The minimum absolute atomic E-state index is 0.219. The van der Waals surface area contributed by atoms with Crippen LogP contribution in [-0.4, -0.2) is 18.9 Å². The molecule has 0 saturated heterocycles. The van der Waals surface area contributed by atoms with Gasteiger partial charge in [-0.2, -0.15) is 0 Å². The van der Waals surface area contributed by atoms with Crippen molar-refractivity contribution < 1.29 is 14.3 Å². The highest BCUT2D eigenvalue weighted by molar-refractivity contribution is 6.13. The number of nitrogens with two attached hydrogens (primary N) is 1. The number of rotatable bonds is 3. The number of nitrogen functional groups attached to an aromatic ring is 1. The fourth-order valence-electron chi connectivity index (χ4n) is 1.74. The maximum atomic E-state index is 12.3. The number of hydrogen-bond acceptors (Lipinski definition) is 4. The molecule has 4 nitrogen and oxygen atoms in total. The predicted molar refractivity (Wildman–Crippen MR) is 72.1 cm³/mol. The monoisotopic (exact) mass is 255 g/mol. The molecule has 0 fully saturated rings. The molecule has 2 rings (SSSR count). The van der Waals surface area contributed by atoms with Gasteiger partial charge in [0, 0.05) is 16.8 Å². The smallest absolute Gasteiger partial charge is 0.337 e. The molecule has 2 aromatic rings. The average Bonchev–Trinajstić information content (AvgIpc) is 2.47. The molecule has 0 aromatic heterocycles. The zero-order valence-electron chi connectivity index (χ0n) is 10.4. The second kappa shape index (κ2) is 5.35. The number of esters is 1. The molecule has 4 heteroatoms. The van der Waals surface area contributed by atoms with E-state index in [1.807, 2.05) is 6.07 Å². The third-order valence-electron chi connectivity index (χ3n) is 2.75. The largest absolute Gasteiger partial charge is 0.465 e. The Labute approximate surface area is 110 Å². The number of carbonyl (C=O) groups excluding carboxylic acids is 2. The maximum Gasteiger partial charge on any atom is 0.337 e. The van der Waals surface area contributed by atoms with Gasteiger partial charge in [-0.25, -0.2) is 4.79 Å². The number of ether oxygens (including phenoxy) is 1. The van der Waals surface area contributed by atoms with Crippen LogP contribution in [0.15, 0.2) is 48.5 Å². The first-order valence-electron chi connectivity index (χ1n) is 5.71. The molecular formula is C15H13NO3. The Bertz CT molecular complexity index is 621. The molecule has 96 valence electrons. The quantitative estimate of drug-likeness (QED) is 0.519. The van der Waals surface area contributed by atoms with Crippen LogP contribution in [0.4, 0.5) is 5.69 Å². The van der Waals surface area contributed by atoms with E-state index in [4.69, 9.17) is 5.73 Å². The SMILES string of the molecule is COC(=O)c1ccc(N)c(C(=O)c2ccccc2)c1. The molecule has 0 atom stereocenters. The minimum Gasteiger partial charge on any atom is -0.465 e. The molecule has 0 saturated carbocycles. The third kappa shape index (κ3) is 2.63. The Morgan fingerprint density at radius 1 is 1.00 bits per heavy atom. The highest BCUT2D eigenvalue weighted by Crippen LogP contribution is 2.19. The van der Waals surface area contributed by atoms with Crippen molar-refractivity contribution in [3.05, 3.63) is 65.2 Å². The van der Waals surface area contributed by atoms with E-state index in [1.165, 1.54) is 25.3 Å². The Morgan fingerprint density at radius 3 is 2.32 bits per heavy atom. The fraction of sp³-hybridized carbons (Fsp3) is 0.0667. The number of anilines is 1. The van der Waals surface area contributed by atoms with Crippen molar-refractivity contribution in [2.45, 2.75) is 0 Å². The summed E-state index contributed by atoms with van der Waals surface area (Å²) in [5.41, 5.74) is 7.26. The first-order valence-corrected chi connectivity index (χ1v) is 5.71. The Kier molecular flexibility index (Phi) is 3.61. The van der Waals surface area contributed by atoms with Gasteiger partial charge in [-0.15, -0.1) is 0 Å². The second-order valence-corrected chi connectivity index (χ2v) is 3.99. The predicted octanol–water partition coefficient (Wildman–Crippen LogP) is 2.29. The van der Waals surface area contributed by atoms with Crippen LogP contribution in [0.2, 0.25) is 0 Å². The summed E-state index contributed by atoms with van der Waals surface area (Å²) in [5, 5.41) is 0. The van der Waals surface area contributed by atoms with Crippen LogP contribution in [0, 0.1) is 0 Å². The molecule has 0 bridgehead atoms. The average molecular weight is 255 g/mol. The molecule has 19 heavy (non-hydrogen) atoms. The van der Waals surface area contributed by atoms with Crippen LogP contribution < -0.4 is 5.73 Å². The number of methoxy groups -OCH3 is 1. The Hall–Kier alpha value is -2.62. The lowest BCUT2D eigenvalue weighted by atomic mass is 9.99. The zero-order valence-corrected chi connectivity index (χ0v) is 10.4. The first kappa shape index (κ1) is 12.8. The molecule has 0 amide bonds. The van der Waals surface area contributed by atoms with Gasteiger partial charge in [-0.05, 0) is 18.2 Å². The highest BCUT2D eigenvalue weighted by atomic mass is 16.5. The lowest BCUT2D eigenvalue weighted by Crippen LogP contribution is -2.09. The lowest BCUT2D eigenvalue weighted by molar-refractivity contribution is 0.0601. The van der Waals surface area contributed by atoms with Crippen LogP contribution >= 0.6 is 0 Å². The van der Waals surface area contributed by atoms with Gasteiger partial charge in [0.2, 0.25) is 0 Å². The summed E-state index contributed by atoms with van der Waals surface area (Å²) >= 11 is 0. The molecule has 0 aliphatic rings. The number of ketones is 1. The summed E-state index contributed by atoms with van der Waals surface area (Å²) in [6.07, 6.45) is 0. The molecule has 0 radical (unpaired) electrons. The van der Waals surface area contributed by atoms with Crippen molar-refractivity contribution in [3.63, 3.8) is 0 Å². The molecular weight excluding hydrogens is 242 g/mol. The van der Waals surface area contributed by atoms with E-state index in [9.17, 15) is 9.59 Å². The maximum absolute atomic E-state index is 12.3. The summed E-state index contributed by atoms with van der Waals surface area (Å²) in [6.45, 7) is 0.